The summed E-state index contributed by atoms with van der Waals surface area (Å²) >= 11 is 0. The summed E-state index contributed by atoms with van der Waals surface area (Å²) in [7, 11) is -2.12. The van der Waals surface area contributed by atoms with E-state index in [1.165, 1.54) is 12.7 Å². The molecule has 0 saturated carbocycles. The number of nitrogens with zero attached hydrogens (tertiary/aromatic N) is 3. The molecular weight excluding hydrogens is 317 g/mol. The van der Waals surface area contributed by atoms with Crippen molar-refractivity contribution in [1.82, 2.24) is 19.5 Å². The van der Waals surface area contributed by atoms with E-state index in [1.54, 1.807) is 4.57 Å². The van der Waals surface area contributed by atoms with Gasteiger partial charge in [-0.05, 0) is 0 Å². The Hall–Kier alpha value is -1.46. The molecule has 1 saturated heterocycles. The van der Waals surface area contributed by atoms with Crippen LogP contribution >= 0.6 is 8.53 Å². The van der Waals surface area contributed by atoms with E-state index in [0.717, 1.165) is 0 Å². The number of nitrogens with one attached hydrogen (secondary N) is 1. The molecule has 0 aromatic carbocycles. The maximum Gasteiger partial charge on any atom is 0.278 e. The van der Waals surface area contributed by atoms with Gasteiger partial charge in [-0.1, -0.05) is 0 Å². The SMILES string of the molecule is NP(O)O.O=c1[nH]cnc2c1ncn2[C@H]1C[C@H](O)[C@@H](CO)O1. The number of ether oxygens (including phenoxy) is 1. The minimum Gasteiger partial charge on any atom is -0.394 e. The van der Waals surface area contributed by atoms with Crippen molar-refractivity contribution in [2.45, 2.75) is 24.9 Å². The predicted molar refractivity (Wildman–Crippen MR) is 75.3 cm³/mol. The van der Waals surface area contributed by atoms with E-state index >= 15 is 0 Å². The highest BCUT2D eigenvalue weighted by molar-refractivity contribution is 7.42. The lowest BCUT2D eigenvalue weighted by Gasteiger charge is -2.13. The Labute approximate surface area is 125 Å². The summed E-state index contributed by atoms with van der Waals surface area (Å²) in [4.78, 5) is 36.8. The van der Waals surface area contributed by atoms with Gasteiger partial charge in [-0.25, -0.2) is 9.97 Å². The first kappa shape index (κ1) is 16.9. The van der Waals surface area contributed by atoms with Crippen molar-refractivity contribution in [1.29, 1.82) is 0 Å². The van der Waals surface area contributed by atoms with E-state index in [9.17, 15) is 9.90 Å². The molecule has 7 N–H and O–H groups in total. The number of nitrogens with two attached hydrogens (primary N) is 1. The molecule has 0 spiro atoms. The molecule has 0 amide bonds. The van der Waals surface area contributed by atoms with Crippen LogP contribution in [0, 0.1) is 0 Å². The molecule has 3 atom stereocenters. The zero-order valence-corrected chi connectivity index (χ0v) is 12.2. The van der Waals surface area contributed by atoms with Crippen molar-refractivity contribution in [2.24, 2.45) is 5.50 Å². The van der Waals surface area contributed by atoms with E-state index in [-0.39, 0.29) is 17.7 Å². The number of fused-ring (bicyclic) bond motifs is 1. The lowest BCUT2D eigenvalue weighted by atomic mass is 10.2. The van der Waals surface area contributed by atoms with Gasteiger partial charge in [-0.2, -0.15) is 0 Å². The van der Waals surface area contributed by atoms with E-state index in [4.69, 9.17) is 19.6 Å². The number of H-pyrrole nitrogens is 1. The number of aromatic amines is 1. The van der Waals surface area contributed by atoms with Crippen molar-refractivity contribution in [2.75, 3.05) is 6.61 Å². The molecule has 0 aliphatic carbocycles. The molecule has 3 rings (SSSR count). The summed E-state index contributed by atoms with van der Waals surface area (Å²) in [5, 5.41) is 18.7. The van der Waals surface area contributed by atoms with Crippen molar-refractivity contribution < 1.29 is 24.7 Å². The van der Waals surface area contributed by atoms with Crippen LogP contribution in [-0.4, -0.2) is 58.3 Å². The van der Waals surface area contributed by atoms with Crippen LogP contribution in [-0.2, 0) is 4.74 Å². The van der Waals surface area contributed by atoms with Gasteiger partial charge in [0.2, 0.25) is 8.53 Å². The van der Waals surface area contributed by atoms with Gasteiger partial charge in [-0.3, -0.25) is 14.9 Å². The van der Waals surface area contributed by atoms with Crippen LogP contribution < -0.4 is 11.1 Å². The molecule has 2 aromatic heterocycles. The van der Waals surface area contributed by atoms with Crippen LogP contribution in [0.25, 0.3) is 11.2 Å². The first-order valence-corrected chi connectivity index (χ1v) is 7.52. The van der Waals surface area contributed by atoms with Crippen LogP contribution in [0.15, 0.2) is 17.4 Å². The molecule has 1 aliphatic heterocycles. The normalized spacial score (nSPS) is 24.5. The number of hydrogen-bond acceptors (Lipinski definition) is 9. The lowest BCUT2D eigenvalue weighted by Crippen LogP contribution is -2.24. The minimum atomic E-state index is -2.12. The fourth-order valence-electron chi connectivity index (χ4n) is 2.12. The fourth-order valence-corrected chi connectivity index (χ4v) is 2.12. The van der Waals surface area contributed by atoms with Gasteiger partial charge in [0.05, 0.1) is 25.4 Å². The highest BCUT2D eigenvalue weighted by Crippen LogP contribution is 2.29. The van der Waals surface area contributed by atoms with E-state index in [2.05, 4.69) is 20.5 Å². The number of aliphatic hydroxyl groups is 2. The van der Waals surface area contributed by atoms with Crippen LogP contribution in [0.4, 0.5) is 0 Å². The van der Waals surface area contributed by atoms with Crippen LogP contribution in [0.3, 0.4) is 0 Å². The quantitative estimate of drug-likeness (QED) is 0.336. The van der Waals surface area contributed by atoms with E-state index < -0.39 is 27.0 Å². The Balaban J connectivity index is 0.000000396. The van der Waals surface area contributed by atoms with Gasteiger partial charge in [0, 0.05) is 6.42 Å². The number of imidazole rings is 1. The van der Waals surface area contributed by atoms with Gasteiger partial charge in [0.15, 0.2) is 11.2 Å². The topological polar surface area (TPSA) is 180 Å². The molecule has 3 heterocycles. The van der Waals surface area contributed by atoms with Crippen molar-refractivity contribution in [3.8, 4) is 0 Å². The van der Waals surface area contributed by atoms with Crippen LogP contribution in [0.2, 0.25) is 0 Å². The molecular formula is C10H16N5O6P. The third kappa shape index (κ3) is 3.65. The Kier molecular flexibility index (Phi) is 5.53. The van der Waals surface area contributed by atoms with Gasteiger partial charge in [0.1, 0.15) is 12.3 Å². The second-order valence-electron chi connectivity index (χ2n) is 4.49. The molecule has 12 heteroatoms. The number of hydrogen-bond donors (Lipinski definition) is 6. The van der Waals surface area contributed by atoms with Crippen LogP contribution in [0.1, 0.15) is 12.6 Å². The lowest BCUT2D eigenvalue weighted by molar-refractivity contribution is -0.0432. The number of rotatable bonds is 2. The zero-order valence-electron chi connectivity index (χ0n) is 11.3. The molecule has 2 aromatic rings. The third-order valence-electron chi connectivity index (χ3n) is 3.06. The molecule has 0 radical (unpaired) electrons. The van der Waals surface area contributed by atoms with Crippen molar-refractivity contribution in [3.05, 3.63) is 23.0 Å². The van der Waals surface area contributed by atoms with Gasteiger partial charge in [-0.15, -0.1) is 0 Å². The first-order chi connectivity index (χ1) is 10.4. The van der Waals surface area contributed by atoms with Gasteiger partial charge in [0.25, 0.3) is 5.56 Å². The smallest absolute Gasteiger partial charge is 0.278 e. The monoisotopic (exact) mass is 333 g/mol. The molecule has 11 nitrogen and oxygen atoms in total. The van der Waals surface area contributed by atoms with Gasteiger partial charge >= 0.3 is 0 Å². The summed E-state index contributed by atoms with van der Waals surface area (Å²) in [6.45, 7) is -0.252. The van der Waals surface area contributed by atoms with E-state index in [1.807, 2.05) is 0 Å². The standard InChI is InChI=1S/C10H12N4O4.H4NO2P/c15-2-6-5(16)1-7(18-6)14-4-13-8-9(14)11-3-12-10(8)17;1-4(2)3/h3-7,15-16H,1-2H2,(H,11,12,17);2-3H,1H2/t5-,6+,7+;/m0./s1. The maximum absolute atomic E-state index is 11.5. The Morgan fingerprint density at radius 2 is 2.18 bits per heavy atom. The Morgan fingerprint density at radius 1 is 1.50 bits per heavy atom. The summed E-state index contributed by atoms with van der Waals surface area (Å²) in [5.74, 6) is 0. The third-order valence-corrected chi connectivity index (χ3v) is 3.06. The molecule has 122 valence electrons. The summed E-state index contributed by atoms with van der Waals surface area (Å²) < 4.78 is 7.07. The zero-order chi connectivity index (χ0) is 16.3. The largest absolute Gasteiger partial charge is 0.394 e. The summed E-state index contributed by atoms with van der Waals surface area (Å²) in [6.07, 6.45) is 1.23. The second kappa shape index (κ2) is 7.20. The predicted octanol–water partition coefficient (Wildman–Crippen LogP) is -2.08. The van der Waals surface area contributed by atoms with Crippen molar-refractivity contribution in [3.63, 3.8) is 0 Å². The highest BCUT2D eigenvalue weighted by Gasteiger charge is 2.35. The fraction of sp³-hybridized carbons (Fsp3) is 0.500. The number of aliphatic hydroxyl groups excluding tert-OH is 2. The molecule has 0 bridgehead atoms. The highest BCUT2D eigenvalue weighted by atomic mass is 31.2. The summed E-state index contributed by atoms with van der Waals surface area (Å²) in [6, 6.07) is 0. The summed E-state index contributed by atoms with van der Waals surface area (Å²) in [5.41, 5.74) is 4.59. The average Bonchev–Trinajstić information content (AvgIpc) is 3.02. The molecule has 0 unspecified atom stereocenters. The maximum atomic E-state index is 11.5. The minimum absolute atomic E-state index is 0.225. The number of aromatic nitrogens is 4. The molecule has 1 aliphatic rings. The van der Waals surface area contributed by atoms with Crippen molar-refractivity contribution >= 4 is 19.7 Å². The van der Waals surface area contributed by atoms with E-state index in [0.29, 0.717) is 12.1 Å². The Bertz CT molecular complexity index is 672. The molecule has 22 heavy (non-hydrogen) atoms. The first-order valence-electron chi connectivity index (χ1n) is 6.21. The second-order valence-corrected chi connectivity index (χ2v) is 5.13. The van der Waals surface area contributed by atoms with Gasteiger partial charge < -0.3 is 29.7 Å². The average molecular weight is 333 g/mol. The Morgan fingerprint density at radius 3 is 2.77 bits per heavy atom. The van der Waals surface area contributed by atoms with Crippen LogP contribution in [0.5, 0.6) is 0 Å². The molecule has 1 fully saturated rings.